The van der Waals surface area contributed by atoms with Crippen molar-refractivity contribution in [2.45, 2.75) is 58.2 Å². The molecule has 33 heavy (non-hydrogen) atoms. The van der Waals surface area contributed by atoms with Crippen molar-refractivity contribution in [2.75, 3.05) is 7.11 Å². The summed E-state index contributed by atoms with van der Waals surface area (Å²) in [4.78, 5) is 15.7. The summed E-state index contributed by atoms with van der Waals surface area (Å²) >= 11 is 0. The highest BCUT2D eigenvalue weighted by atomic mass is 16.5. The Morgan fingerprint density at radius 1 is 0.879 bits per heavy atom. The van der Waals surface area contributed by atoms with Crippen LogP contribution in [0.1, 0.15) is 59.2 Å². The van der Waals surface area contributed by atoms with Crippen LogP contribution in [-0.4, -0.2) is 24.0 Å². The number of methoxy groups -OCH3 is 1. The number of hydrogen-bond acceptors (Lipinski definition) is 3. The first kappa shape index (κ1) is 22.9. The maximum Gasteiger partial charge on any atom is 0.254 e. The third kappa shape index (κ3) is 5.75. The second-order valence-corrected chi connectivity index (χ2v) is 8.80. The van der Waals surface area contributed by atoms with Crippen LogP contribution in [0.4, 0.5) is 0 Å². The van der Waals surface area contributed by atoms with Crippen LogP contribution in [0.2, 0.25) is 0 Å². The lowest BCUT2D eigenvalue weighted by Crippen LogP contribution is -2.41. The standard InChI is InChI=1S/C29H33NO3/c1-22-11-9-10-16-26(22)29(31)30(25-14-7-4-8-15-25)20-24-17-18-27(32-2)28(19-24)33-21-23-12-5-3-6-13-23/h3,5-6,9-13,16-19,25H,4,7-8,14-15,20-21H2,1-2H3. The number of benzene rings is 3. The fourth-order valence-corrected chi connectivity index (χ4v) is 4.59. The van der Waals surface area contributed by atoms with Gasteiger partial charge in [-0.15, -0.1) is 0 Å². The molecule has 1 fully saturated rings. The quantitative estimate of drug-likeness (QED) is 0.396. The van der Waals surface area contributed by atoms with Crippen molar-refractivity contribution in [1.82, 2.24) is 4.90 Å². The molecular weight excluding hydrogens is 410 g/mol. The van der Waals surface area contributed by atoms with Gasteiger partial charge >= 0.3 is 0 Å². The molecule has 0 radical (unpaired) electrons. The van der Waals surface area contributed by atoms with Gasteiger partial charge in [-0.1, -0.05) is 73.9 Å². The normalized spacial score (nSPS) is 14.0. The molecular formula is C29H33NO3. The van der Waals surface area contributed by atoms with Gasteiger partial charge < -0.3 is 14.4 Å². The number of carbonyl (C=O) groups is 1. The van der Waals surface area contributed by atoms with E-state index in [0.717, 1.165) is 35.1 Å². The summed E-state index contributed by atoms with van der Waals surface area (Å²) in [6.45, 7) is 3.04. The summed E-state index contributed by atoms with van der Waals surface area (Å²) in [5, 5.41) is 0. The Hall–Kier alpha value is -3.27. The van der Waals surface area contributed by atoms with Crippen molar-refractivity contribution >= 4 is 5.91 Å². The number of ether oxygens (including phenoxy) is 2. The van der Waals surface area contributed by atoms with Crippen molar-refractivity contribution in [3.63, 3.8) is 0 Å². The lowest BCUT2D eigenvalue weighted by molar-refractivity contribution is 0.0613. The van der Waals surface area contributed by atoms with E-state index in [-0.39, 0.29) is 11.9 Å². The largest absolute Gasteiger partial charge is 0.493 e. The topological polar surface area (TPSA) is 38.8 Å². The SMILES string of the molecule is COc1ccc(CN(C(=O)c2ccccc2C)C2CCCCC2)cc1OCc1ccccc1. The van der Waals surface area contributed by atoms with Crippen molar-refractivity contribution < 1.29 is 14.3 Å². The number of nitrogens with zero attached hydrogens (tertiary/aromatic N) is 1. The van der Waals surface area contributed by atoms with Gasteiger partial charge in [0, 0.05) is 18.2 Å². The smallest absolute Gasteiger partial charge is 0.254 e. The van der Waals surface area contributed by atoms with Gasteiger partial charge in [-0.25, -0.2) is 0 Å². The molecule has 0 bridgehead atoms. The molecule has 0 aromatic heterocycles. The van der Waals surface area contributed by atoms with Gasteiger partial charge in [0.15, 0.2) is 11.5 Å². The average molecular weight is 444 g/mol. The molecule has 0 saturated heterocycles. The zero-order chi connectivity index (χ0) is 23.0. The van der Waals surface area contributed by atoms with Gasteiger partial charge in [0.25, 0.3) is 5.91 Å². The van der Waals surface area contributed by atoms with E-state index in [2.05, 4.69) is 4.90 Å². The van der Waals surface area contributed by atoms with Crippen LogP contribution < -0.4 is 9.47 Å². The van der Waals surface area contributed by atoms with E-state index in [1.807, 2.05) is 79.7 Å². The number of hydrogen-bond donors (Lipinski definition) is 0. The summed E-state index contributed by atoms with van der Waals surface area (Å²) in [7, 11) is 1.65. The molecule has 0 heterocycles. The molecule has 0 N–H and O–H groups in total. The molecule has 172 valence electrons. The molecule has 4 nitrogen and oxygen atoms in total. The first-order chi connectivity index (χ1) is 16.2. The molecule has 3 aromatic rings. The lowest BCUT2D eigenvalue weighted by Gasteiger charge is -2.35. The maximum absolute atomic E-state index is 13.7. The fourth-order valence-electron chi connectivity index (χ4n) is 4.59. The number of amides is 1. The van der Waals surface area contributed by atoms with Gasteiger partial charge in [0.1, 0.15) is 6.61 Å². The zero-order valence-corrected chi connectivity index (χ0v) is 19.6. The Labute approximate surface area is 197 Å². The molecule has 0 unspecified atom stereocenters. The van der Waals surface area contributed by atoms with Gasteiger partial charge in [0.2, 0.25) is 0 Å². The van der Waals surface area contributed by atoms with E-state index >= 15 is 0 Å². The number of carbonyl (C=O) groups excluding carboxylic acids is 1. The van der Waals surface area contributed by atoms with Crippen LogP contribution in [0.5, 0.6) is 11.5 Å². The zero-order valence-electron chi connectivity index (χ0n) is 19.6. The summed E-state index contributed by atoms with van der Waals surface area (Å²) in [6, 6.07) is 24.2. The molecule has 4 heteroatoms. The molecule has 1 amide bonds. The van der Waals surface area contributed by atoms with E-state index in [1.54, 1.807) is 7.11 Å². The molecule has 0 atom stereocenters. The Morgan fingerprint density at radius 2 is 1.61 bits per heavy atom. The van der Waals surface area contributed by atoms with Gasteiger partial charge in [-0.05, 0) is 54.7 Å². The summed E-state index contributed by atoms with van der Waals surface area (Å²) in [5.41, 5.74) is 3.96. The van der Waals surface area contributed by atoms with Crippen molar-refractivity contribution in [3.05, 3.63) is 95.1 Å². The lowest BCUT2D eigenvalue weighted by atomic mass is 9.93. The van der Waals surface area contributed by atoms with E-state index in [4.69, 9.17) is 9.47 Å². The van der Waals surface area contributed by atoms with Crippen LogP contribution >= 0.6 is 0 Å². The predicted molar refractivity (Wildman–Crippen MR) is 132 cm³/mol. The Morgan fingerprint density at radius 3 is 2.33 bits per heavy atom. The van der Waals surface area contributed by atoms with E-state index in [0.29, 0.717) is 24.7 Å². The maximum atomic E-state index is 13.7. The average Bonchev–Trinajstić information content (AvgIpc) is 2.87. The Balaban J connectivity index is 1.58. The molecule has 4 rings (SSSR count). The predicted octanol–water partition coefficient (Wildman–Crippen LogP) is 6.56. The fraction of sp³-hybridized carbons (Fsp3) is 0.345. The second-order valence-electron chi connectivity index (χ2n) is 8.80. The highest BCUT2D eigenvalue weighted by Crippen LogP contribution is 2.31. The second kappa shape index (κ2) is 11.0. The molecule has 0 spiro atoms. The van der Waals surface area contributed by atoms with Crippen molar-refractivity contribution in [2.24, 2.45) is 0 Å². The monoisotopic (exact) mass is 443 g/mol. The minimum absolute atomic E-state index is 0.113. The molecule has 1 saturated carbocycles. The number of rotatable bonds is 8. The molecule has 1 aliphatic carbocycles. The minimum Gasteiger partial charge on any atom is -0.493 e. The number of aryl methyl sites for hydroxylation is 1. The molecule has 3 aromatic carbocycles. The van der Waals surface area contributed by atoms with E-state index < -0.39 is 0 Å². The molecule has 1 aliphatic rings. The first-order valence-corrected chi connectivity index (χ1v) is 11.9. The van der Waals surface area contributed by atoms with E-state index in [1.165, 1.54) is 19.3 Å². The van der Waals surface area contributed by atoms with Crippen LogP contribution in [0.3, 0.4) is 0 Å². The van der Waals surface area contributed by atoms with Crippen LogP contribution in [-0.2, 0) is 13.2 Å². The Bertz CT molecular complexity index is 1060. The van der Waals surface area contributed by atoms with Crippen LogP contribution in [0, 0.1) is 6.92 Å². The van der Waals surface area contributed by atoms with Crippen molar-refractivity contribution in [1.29, 1.82) is 0 Å². The highest BCUT2D eigenvalue weighted by molar-refractivity contribution is 5.95. The third-order valence-electron chi connectivity index (χ3n) is 6.47. The van der Waals surface area contributed by atoms with Gasteiger partial charge in [-0.3, -0.25) is 4.79 Å². The van der Waals surface area contributed by atoms with Crippen LogP contribution in [0.25, 0.3) is 0 Å². The van der Waals surface area contributed by atoms with Gasteiger partial charge in [-0.2, -0.15) is 0 Å². The summed E-state index contributed by atoms with van der Waals surface area (Å²) in [6.07, 6.45) is 5.73. The summed E-state index contributed by atoms with van der Waals surface area (Å²) in [5.74, 6) is 1.51. The van der Waals surface area contributed by atoms with Crippen molar-refractivity contribution in [3.8, 4) is 11.5 Å². The third-order valence-corrected chi connectivity index (χ3v) is 6.47. The van der Waals surface area contributed by atoms with E-state index in [9.17, 15) is 4.79 Å². The summed E-state index contributed by atoms with van der Waals surface area (Å²) < 4.78 is 11.7. The first-order valence-electron chi connectivity index (χ1n) is 11.9. The van der Waals surface area contributed by atoms with Crippen LogP contribution in [0.15, 0.2) is 72.8 Å². The minimum atomic E-state index is 0.113. The Kier molecular flexibility index (Phi) is 7.66. The van der Waals surface area contributed by atoms with Gasteiger partial charge in [0.05, 0.1) is 7.11 Å². The highest BCUT2D eigenvalue weighted by Gasteiger charge is 2.27. The molecule has 0 aliphatic heterocycles.